The molecule has 0 bridgehead atoms. The minimum absolute atomic E-state index is 0.0865. The Morgan fingerprint density at radius 3 is 2.39 bits per heavy atom. The van der Waals surface area contributed by atoms with Crippen molar-refractivity contribution in [1.82, 2.24) is 0 Å². The molecular weight excluding hydrogens is 251 g/mol. The highest BCUT2D eigenvalue weighted by molar-refractivity contribution is 6.30. The van der Waals surface area contributed by atoms with Crippen molar-refractivity contribution in [2.45, 2.75) is 39.2 Å². The second kappa shape index (κ2) is 5.58. The number of aliphatic hydroxyl groups excluding tert-OH is 1. The van der Waals surface area contributed by atoms with Crippen LogP contribution in [-0.4, -0.2) is 5.11 Å². The summed E-state index contributed by atoms with van der Waals surface area (Å²) < 4.78 is 13.1. The molecule has 0 aliphatic heterocycles. The summed E-state index contributed by atoms with van der Waals surface area (Å²) in [4.78, 5) is 0. The molecule has 1 aromatic rings. The molecule has 3 heteroatoms. The van der Waals surface area contributed by atoms with Crippen molar-refractivity contribution in [1.29, 1.82) is 0 Å². The van der Waals surface area contributed by atoms with Crippen LogP contribution in [-0.2, 0) is 0 Å². The predicted octanol–water partition coefficient (Wildman–Crippen LogP) is 4.58. The molecule has 0 aromatic heterocycles. The van der Waals surface area contributed by atoms with Gasteiger partial charge in [0.2, 0.25) is 0 Å². The Morgan fingerprint density at radius 2 is 1.83 bits per heavy atom. The van der Waals surface area contributed by atoms with Crippen LogP contribution in [0.3, 0.4) is 0 Å². The quantitative estimate of drug-likeness (QED) is 0.834. The van der Waals surface area contributed by atoms with Gasteiger partial charge in [-0.1, -0.05) is 31.5 Å². The van der Waals surface area contributed by atoms with E-state index < -0.39 is 11.9 Å². The number of halogens is 2. The molecule has 0 amide bonds. The van der Waals surface area contributed by atoms with E-state index in [2.05, 4.69) is 13.8 Å². The summed E-state index contributed by atoms with van der Waals surface area (Å²) in [6, 6.07) is 4.51. The minimum Gasteiger partial charge on any atom is -0.388 e. The summed E-state index contributed by atoms with van der Waals surface area (Å²) in [6.45, 7) is 4.46. The zero-order valence-corrected chi connectivity index (χ0v) is 11.6. The van der Waals surface area contributed by atoms with E-state index in [9.17, 15) is 9.50 Å². The van der Waals surface area contributed by atoms with E-state index in [0.717, 1.165) is 18.4 Å². The smallest absolute Gasteiger partial charge is 0.141 e. The first-order chi connectivity index (χ1) is 8.47. The lowest BCUT2D eigenvalue weighted by Gasteiger charge is -2.34. The highest BCUT2D eigenvalue weighted by Gasteiger charge is 2.29. The summed E-state index contributed by atoms with van der Waals surface area (Å²) in [7, 11) is 0. The van der Waals surface area contributed by atoms with Crippen LogP contribution in [0.15, 0.2) is 18.2 Å². The van der Waals surface area contributed by atoms with Gasteiger partial charge in [-0.25, -0.2) is 4.39 Å². The van der Waals surface area contributed by atoms with Gasteiger partial charge in [0, 0.05) is 0 Å². The molecule has 1 N–H and O–H groups in total. The van der Waals surface area contributed by atoms with E-state index in [0.29, 0.717) is 11.8 Å². The standard InChI is InChI=1S/C15H20ClFO/c1-9-5-10(2)7-12(6-9)15(18)11-3-4-14(17)13(16)8-11/h3-4,8-10,12,15,18H,5-7H2,1-2H3. The van der Waals surface area contributed by atoms with Gasteiger partial charge in [-0.3, -0.25) is 0 Å². The molecule has 18 heavy (non-hydrogen) atoms. The average molecular weight is 271 g/mol. The first kappa shape index (κ1) is 13.8. The Kier molecular flexibility index (Phi) is 4.29. The molecule has 0 spiro atoms. The van der Waals surface area contributed by atoms with Crippen LogP contribution in [0.1, 0.15) is 44.8 Å². The van der Waals surface area contributed by atoms with Crippen molar-refractivity contribution in [2.75, 3.05) is 0 Å². The molecule has 3 atom stereocenters. The van der Waals surface area contributed by atoms with Gasteiger partial charge in [0.05, 0.1) is 11.1 Å². The Bertz CT molecular complexity index is 411. The maximum Gasteiger partial charge on any atom is 0.141 e. The second-order valence-electron chi connectivity index (χ2n) is 5.80. The lowest BCUT2D eigenvalue weighted by Crippen LogP contribution is -2.24. The number of aliphatic hydroxyl groups is 1. The number of rotatable bonds is 2. The summed E-state index contributed by atoms with van der Waals surface area (Å²) >= 11 is 5.77. The molecule has 100 valence electrons. The van der Waals surface area contributed by atoms with Gasteiger partial charge in [-0.05, 0) is 54.7 Å². The van der Waals surface area contributed by atoms with Crippen molar-refractivity contribution < 1.29 is 9.50 Å². The molecule has 1 saturated carbocycles. The van der Waals surface area contributed by atoms with Crippen molar-refractivity contribution in [3.63, 3.8) is 0 Å². The maximum absolute atomic E-state index is 13.1. The van der Waals surface area contributed by atoms with Gasteiger partial charge in [0.15, 0.2) is 0 Å². The van der Waals surface area contributed by atoms with Crippen LogP contribution >= 0.6 is 11.6 Å². The van der Waals surface area contributed by atoms with Crippen molar-refractivity contribution >= 4 is 11.6 Å². The Morgan fingerprint density at radius 1 is 1.22 bits per heavy atom. The summed E-state index contributed by atoms with van der Waals surface area (Å²) in [5, 5.41) is 10.5. The lowest BCUT2D eigenvalue weighted by molar-refractivity contribution is 0.0551. The molecule has 1 nitrogen and oxygen atoms in total. The largest absolute Gasteiger partial charge is 0.388 e. The summed E-state index contributed by atoms with van der Waals surface area (Å²) in [5.74, 6) is 1.11. The third kappa shape index (κ3) is 3.04. The number of hydrogen-bond acceptors (Lipinski definition) is 1. The Balaban J connectivity index is 2.14. The van der Waals surface area contributed by atoms with Gasteiger partial charge < -0.3 is 5.11 Å². The fraction of sp³-hybridized carbons (Fsp3) is 0.600. The molecule has 1 aliphatic rings. The van der Waals surface area contributed by atoms with Crippen LogP contribution in [0, 0.1) is 23.6 Å². The van der Waals surface area contributed by atoms with E-state index in [1.165, 1.54) is 12.5 Å². The molecule has 0 saturated heterocycles. The number of benzene rings is 1. The fourth-order valence-electron chi connectivity index (χ4n) is 3.24. The van der Waals surface area contributed by atoms with Crippen molar-refractivity contribution in [2.24, 2.45) is 17.8 Å². The van der Waals surface area contributed by atoms with Crippen LogP contribution in [0.25, 0.3) is 0 Å². The normalized spacial score (nSPS) is 30.2. The molecule has 1 fully saturated rings. The van der Waals surface area contributed by atoms with Crippen molar-refractivity contribution in [3.8, 4) is 0 Å². The highest BCUT2D eigenvalue weighted by atomic mass is 35.5. The van der Waals surface area contributed by atoms with Gasteiger partial charge in [0.1, 0.15) is 5.82 Å². The summed E-state index contributed by atoms with van der Waals surface area (Å²) in [6.07, 6.45) is 2.75. The fourth-order valence-corrected chi connectivity index (χ4v) is 3.42. The first-order valence-electron chi connectivity index (χ1n) is 6.60. The second-order valence-corrected chi connectivity index (χ2v) is 6.20. The van der Waals surface area contributed by atoms with Crippen LogP contribution in [0.4, 0.5) is 4.39 Å². The van der Waals surface area contributed by atoms with E-state index in [1.807, 2.05) is 0 Å². The molecule has 2 rings (SSSR count). The van der Waals surface area contributed by atoms with Gasteiger partial charge >= 0.3 is 0 Å². The van der Waals surface area contributed by atoms with E-state index in [-0.39, 0.29) is 10.9 Å². The topological polar surface area (TPSA) is 20.2 Å². The van der Waals surface area contributed by atoms with Gasteiger partial charge in [-0.2, -0.15) is 0 Å². The predicted molar refractivity (Wildman–Crippen MR) is 72.0 cm³/mol. The molecule has 1 aliphatic carbocycles. The summed E-state index contributed by atoms with van der Waals surface area (Å²) in [5.41, 5.74) is 0.729. The SMILES string of the molecule is CC1CC(C)CC(C(O)c2ccc(F)c(Cl)c2)C1. The maximum atomic E-state index is 13.1. The zero-order chi connectivity index (χ0) is 13.3. The third-order valence-electron chi connectivity index (χ3n) is 3.95. The minimum atomic E-state index is -0.534. The van der Waals surface area contributed by atoms with Gasteiger partial charge in [0.25, 0.3) is 0 Å². The first-order valence-corrected chi connectivity index (χ1v) is 6.98. The molecule has 0 heterocycles. The molecule has 3 unspecified atom stereocenters. The third-order valence-corrected chi connectivity index (χ3v) is 4.24. The number of hydrogen-bond donors (Lipinski definition) is 1. The van der Waals surface area contributed by atoms with E-state index in [4.69, 9.17) is 11.6 Å². The van der Waals surface area contributed by atoms with E-state index in [1.54, 1.807) is 12.1 Å². The Hall–Kier alpha value is -0.600. The van der Waals surface area contributed by atoms with Gasteiger partial charge in [-0.15, -0.1) is 0 Å². The van der Waals surface area contributed by atoms with Crippen molar-refractivity contribution in [3.05, 3.63) is 34.6 Å². The molecular formula is C15H20ClFO. The van der Waals surface area contributed by atoms with Crippen LogP contribution < -0.4 is 0 Å². The molecule has 1 aromatic carbocycles. The average Bonchev–Trinajstić information content (AvgIpc) is 2.30. The monoisotopic (exact) mass is 270 g/mol. The molecule has 0 radical (unpaired) electrons. The Labute approximate surface area is 113 Å². The zero-order valence-electron chi connectivity index (χ0n) is 10.9. The van der Waals surface area contributed by atoms with Crippen LogP contribution in [0.5, 0.6) is 0 Å². The highest BCUT2D eigenvalue weighted by Crippen LogP contribution is 2.40. The van der Waals surface area contributed by atoms with Crippen LogP contribution in [0.2, 0.25) is 5.02 Å². The van der Waals surface area contributed by atoms with E-state index >= 15 is 0 Å². The lowest BCUT2D eigenvalue weighted by atomic mass is 9.73.